The Kier molecular flexibility index (Phi) is 3.79. The number of imidazole rings is 1. The number of rotatable bonds is 4. The van der Waals surface area contributed by atoms with Crippen LogP contribution < -0.4 is 10.5 Å². The van der Waals surface area contributed by atoms with E-state index in [9.17, 15) is 0 Å². The van der Waals surface area contributed by atoms with Crippen molar-refractivity contribution in [1.82, 2.24) is 9.55 Å². The van der Waals surface area contributed by atoms with Gasteiger partial charge < -0.3 is 15.0 Å². The summed E-state index contributed by atoms with van der Waals surface area (Å²) in [6, 6.07) is 5.82. The first-order valence-electron chi connectivity index (χ1n) is 6.59. The molecule has 0 fully saturated rings. The van der Waals surface area contributed by atoms with Crippen molar-refractivity contribution in [1.29, 1.82) is 0 Å². The van der Waals surface area contributed by atoms with Gasteiger partial charge in [-0.05, 0) is 26.0 Å². The van der Waals surface area contributed by atoms with Crippen molar-refractivity contribution in [3.05, 3.63) is 36.4 Å². The van der Waals surface area contributed by atoms with Crippen LogP contribution in [0.1, 0.15) is 39.4 Å². The number of hydrogen-bond acceptors (Lipinski definition) is 3. The summed E-state index contributed by atoms with van der Waals surface area (Å²) >= 11 is 0. The maximum absolute atomic E-state index is 5.94. The molecule has 0 saturated carbocycles. The van der Waals surface area contributed by atoms with Crippen LogP contribution in [0, 0.1) is 0 Å². The number of hydrogen-bond donors (Lipinski definition) is 1. The number of ether oxygens (including phenoxy) is 1. The van der Waals surface area contributed by atoms with E-state index in [-0.39, 0.29) is 6.10 Å². The largest absolute Gasteiger partial charge is 0.489 e. The summed E-state index contributed by atoms with van der Waals surface area (Å²) in [5, 5.41) is 0. The summed E-state index contributed by atoms with van der Waals surface area (Å²) < 4.78 is 7.79. The molecular formula is C15H21N3O. The van der Waals surface area contributed by atoms with Crippen LogP contribution in [0.4, 0.5) is 5.69 Å². The molecule has 4 nitrogen and oxygen atoms in total. The minimum atomic E-state index is 0.102. The average molecular weight is 259 g/mol. The molecule has 1 aromatic carbocycles. The molecule has 19 heavy (non-hydrogen) atoms. The Morgan fingerprint density at radius 3 is 2.58 bits per heavy atom. The monoisotopic (exact) mass is 259 g/mol. The molecule has 2 rings (SSSR count). The van der Waals surface area contributed by atoms with Gasteiger partial charge in [-0.3, -0.25) is 0 Å². The number of nitrogens with zero attached hydrogens (tertiary/aromatic N) is 2. The normalized spacial score (nSPS) is 11.3. The molecule has 0 radical (unpaired) electrons. The second kappa shape index (κ2) is 5.34. The molecule has 1 heterocycles. The van der Waals surface area contributed by atoms with Crippen LogP contribution in [0.15, 0.2) is 30.6 Å². The Morgan fingerprint density at radius 2 is 1.95 bits per heavy atom. The Bertz CT molecular complexity index is 558. The molecule has 0 amide bonds. The summed E-state index contributed by atoms with van der Waals surface area (Å²) in [4.78, 5) is 4.40. The molecule has 1 aromatic heterocycles. The maximum atomic E-state index is 5.94. The zero-order valence-electron chi connectivity index (χ0n) is 11.9. The highest BCUT2D eigenvalue weighted by Gasteiger charge is 2.11. The zero-order chi connectivity index (χ0) is 14.0. The van der Waals surface area contributed by atoms with E-state index in [1.54, 1.807) is 0 Å². The van der Waals surface area contributed by atoms with Crippen LogP contribution in [0.25, 0.3) is 5.69 Å². The lowest BCUT2D eigenvalue weighted by Gasteiger charge is -2.15. The van der Waals surface area contributed by atoms with E-state index in [1.807, 2.05) is 44.4 Å². The lowest BCUT2D eigenvalue weighted by Crippen LogP contribution is -2.09. The topological polar surface area (TPSA) is 53.1 Å². The van der Waals surface area contributed by atoms with Crippen LogP contribution in [0.3, 0.4) is 0 Å². The molecule has 0 saturated heterocycles. The van der Waals surface area contributed by atoms with Crippen molar-refractivity contribution in [2.45, 2.75) is 39.7 Å². The molecule has 102 valence electrons. The molecule has 0 bridgehead atoms. The third kappa shape index (κ3) is 2.89. The van der Waals surface area contributed by atoms with Crippen LogP contribution in [-0.2, 0) is 0 Å². The third-order valence-electron chi connectivity index (χ3n) is 2.82. The lowest BCUT2D eigenvalue weighted by molar-refractivity contribution is 0.244. The van der Waals surface area contributed by atoms with Crippen LogP contribution >= 0.6 is 0 Å². The van der Waals surface area contributed by atoms with E-state index >= 15 is 0 Å². The summed E-state index contributed by atoms with van der Waals surface area (Å²) in [5.74, 6) is 2.11. The fraction of sp³-hybridized carbons (Fsp3) is 0.400. The minimum absolute atomic E-state index is 0.102. The first kappa shape index (κ1) is 13.5. The third-order valence-corrected chi connectivity index (χ3v) is 2.82. The van der Waals surface area contributed by atoms with E-state index in [2.05, 4.69) is 23.4 Å². The van der Waals surface area contributed by atoms with Crippen LogP contribution in [-0.4, -0.2) is 15.7 Å². The van der Waals surface area contributed by atoms with E-state index in [0.29, 0.717) is 11.6 Å². The Morgan fingerprint density at radius 1 is 1.21 bits per heavy atom. The van der Waals surface area contributed by atoms with Crippen molar-refractivity contribution in [2.24, 2.45) is 0 Å². The molecule has 2 N–H and O–H groups in total. The van der Waals surface area contributed by atoms with Crippen molar-refractivity contribution in [2.75, 3.05) is 5.73 Å². The van der Waals surface area contributed by atoms with Gasteiger partial charge in [0.25, 0.3) is 0 Å². The van der Waals surface area contributed by atoms with Crippen molar-refractivity contribution in [3.8, 4) is 11.4 Å². The predicted octanol–water partition coefficient (Wildman–Crippen LogP) is 3.37. The van der Waals surface area contributed by atoms with E-state index in [4.69, 9.17) is 10.5 Å². The maximum Gasteiger partial charge on any atom is 0.144 e. The van der Waals surface area contributed by atoms with Gasteiger partial charge in [0.15, 0.2) is 0 Å². The van der Waals surface area contributed by atoms with Crippen molar-refractivity contribution < 1.29 is 4.74 Å². The number of anilines is 1. The van der Waals surface area contributed by atoms with Gasteiger partial charge in [0, 0.05) is 24.4 Å². The predicted molar refractivity (Wildman–Crippen MR) is 77.8 cm³/mol. The molecule has 0 aliphatic heterocycles. The SMILES string of the molecule is CC(C)Oc1cc(-n2ccnc2C(C)C)ccc1N. The lowest BCUT2D eigenvalue weighted by atomic mass is 10.2. The quantitative estimate of drug-likeness (QED) is 0.856. The number of aromatic nitrogens is 2. The summed E-state index contributed by atoms with van der Waals surface area (Å²) in [6.45, 7) is 8.23. The van der Waals surface area contributed by atoms with Crippen molar-refractivity contribution >= 4 is 5.69 Å². The van der Waals surface area contributed by atoms with Gasteiger partial charge >= 0.3 is 0 Å². The first-order valence-corrected chi connectivity index (χ1v) is 6.59. The van der Waals surface area contributed by atoms with Gasteiger partial charge in [-0.25, -0.2) is 4.98 Å². The first-order chi connectivity index (χ1) is 8.99. The number of benzene rings is 1. The molecule has 0 atom stereocenters. The van der Waals surface area contributed by atoms with Crippen molar-refractivity contribution in [3.63, 3.8) is 0 Å². The Balaban J connectivity index is 2.42. The molecular weight excluding hydrogens is 238 g/mol. The Labute approximate surface area is 114 Å². The van der Waals surface area contributed by atoms with Crippen LogP contribution in [0.2, 0.25) is 0 Å². The molecule has 4 heteroatoms. The molecule has 0 aliphatic rings. The number of nitrogens with two attached hydrogens (primary N) is 1. The summed E-state index contributed by atoms with van der Waals surface area (Å²) in [6.07, 6.45) is 3.87. The van der Waals surface area contributed by atoms with Gasteiger partial charge in [0.2, 0.25) is 0 Å². The minimum Gasteiger partial charge on any atom is -0.489 e. The number of nitrogen functional groups attached to an aromatic ring is 1. The van der Waals surface area contributed by atoms with Gasteiger partial charge in [0.05, 0.1) is 17.5 Å². The highest BCUT2D eigenvalue weighted by molar-refractivity contribution is 5.57. The van der Waals surface area contributed by atoms with E-state index in [1.165, 1.54) is 0 Å². The molecule has 2 aromatic rings. The van der Waals surface area contributed by atoms with Crippen LogP contribution in [0.5, 0.6) is 5.75 Å². The average Bonchev–Trinajstić information content (AvgIpc) is 2.80. The Hall–Kier alpha value is -1.97. The second-order valence-electron chi connectivity index (χ2n) is 5.20. The fourth-order valence-corrected chi connectivity index (χ4v) is 1.99. The van der Waals surface area contributed by atoms with Gasteiger partial charge in [-0.15, -0.1) is 0 Å². The molecule has 0 spiro atoms. The standard InChI is InChI=1S/C15H21N3O/c1-10(2)15-17-7-8-18(15)12-5-6-13(16)14(9-12)19-11(3)4/h5-11H,16H2,1-4H3. The highest BCUT2D eigenvalue weighted by atomic mass is 16.5. The zero-order valence-corrected chi connectivity index (χ0v) is 11.9. The summed E-state index contributed by atoms with van der Waals surface area (Å²) in [7, 11) is 0. The van der Waals surface area contributed by atoms with Gasteiger partial charge in [-0.1, -0.05) is 13.8 Å². The molecule has 0 unspecified atom stereocenters. The van der Waals surface area contributed by atoms with E-state index in [0.717, 1.165) is 17.3 Å². The van der Waals surface area contributed by atoms with Gasteiger partial charge in [-0.2, -0.15) is 0 Å². The van der Waals surface area contributed by atoms with E-state index < -0.39 is 0 Å². The smallest absolute Gasteiger partial charge is 0.144 e. The highest BCUT2D eigenvalue weighted by Crippen LogP contribution is 2.27. The second-order valence-corrected chi connectivity index (χ2v) is 5.20. The fourth-order valence-electron chi connectivity index (χ4n) is 1.99. The van der Waals surface area contributed by atoms with Gasteiger partial charge in [0.1, 0.15) is 11.6 Å². The summed E-state index contributed by atoms with van der Waals surface area (Å²) in [5.41, 5.74) is 7.61. The molecule has 0 aliphatic carbocycles.